The van der Waals surface area contributed by atoms with Gasteiger partial charge in [-0.15, -0.1) is 0 Å². The number of benzene rings is 1. The lowest BCUT2D eigenvalue weighted by atomic mass is 10.0. The zero-order chi connectivity index (χ0) is 15.7. The molecule has 1 aliphatic heterocycles. The normalized spacial score (nSPS) is 17.5. The number of nitrogens with zero attached hydrogens (tertiary/aromatic N) is 3. The van der Waals surface area contributed by atoms with Gasteiger partial charge in [-0.3, -0.25) is 0 Å². The molecule has 0 spiro atoms. The average molecular weight is 320 g/mol. The average Bonchev–Trinajstić information content (AvgIpc) is 2.99. The summed E-state index contributed by atoms with van der Waals surface area (Å²) < 4.78 is 27.5. The van der Waals surface area contributed by atoms with Gasteiger partial charge in [-0.1, -0.05) is 11.6 Å². The largest absolute Gasteiger partial charge is 0.348 e. The van der Waals surface area contributed by atoms with E-state index in [1.165, 1.54) is 18.3 Å². The van der Waals surface area contributed by atoms with Gasteiger partial charge in [0, 0.05) is 18.3 Å². The van der Waals surface area contributed by atoms with Crippen molar-refractivity contribution in [3.05, 3.63) is 58.2 Å². The lowest BCUT2D eigenvalue weighted by Gasteiger charge is -2.27. The number of hydrogen-bond donors (Lipinski definition) is 0. The van der Waals surface area contributed by atoms with Crippen molar-refractivity contribution in [3.8, 4) is 6.07 Å². The van der Waals surface area contributed by atoms with E-state index in [1.807, 2.05) is 11.0 Å². The first-order valence-electron chi connectivity index (χ1n) is 6.88. The number of anilines is 1. The highest BCUT2D eigenvalue weighted by Crippen LogP contribution is 2.39. The van der Waals surface area contributed by atoms with Crippen molar-refractivity contribution in [1.29, 1.82) is 5.26 Å². The van der Waals surface area contributed by atoms with E-state index in [-0.39, 0.29) is 16.6 Å². The Kier molecular flexibility index (Phi) is 3.95. The van der Waals surface area contributed by atoms with Crippen LogP contribution in [0.2, 0.25) is 5.02 Å². The zero-order valence-electron chi connectivity index (χ0n) is 11.6. The van der Waals surface area contributed by atoms with Crippen LogP contribution in [0.5, 0.6) is 0 Å². The second kappa shape index (κ2) is 5.90. The Hall–Kier alpha value is -2.19. The fourth-order valence-electron chi connectivity index (χ4n) is 2.83. The molecule has 2 aromatic rings. The van der Waals surface area contributed by atoms with Crippen molar-refractivity contribution in [1.82, 2.24) is 4.98 Å². The Morgan fingerprint density at radius 2 is 2.14 bits per heavy atom. The van der Waals surface area contributed by atoms with E-state index in [0.717, 1.165) is 18.6 Å². The van der Waals surface area contributed by atoms with Crippen LogP contribution in [0, 0.1) is 23.0 Å². The molecule has 2 heterocycles. The molecule has 1 atom stereocenters. The van der Waals surface area contributed by atoms with Gasteiger partial charge >= 0.3 is 0 Å². The maximum Gasteiger partial charge on any atom is 0.149 e. The van der Waals surface area contributed by atoms with E-state index in [4.69, 9.17) is 16.9 Å². The second-order valence-electron chi connectivity index (χ2n) is 5.13. The van der Waals surface area contributed by atoms with Crippen LogP contribution >= 0.6 is 11.6 Å². The Morgan fingerprint density at radius 1 is 1.32 bits per heavy atom. The van der Waals surface area contributed by atoms with Crippen LogP contribution in [0.1, 0.15) is 30.0 Å². The second-order valence-corrected chi connectivity index (χ2v) is 5.50. The van der Waals surface area contributed by atoms with E-state index < -0.39 is 11.6 Å². The summed E-state index contributed by atoms with van der Waals surface area (Å²) in [6.07, 6.45) is 2.99. The monoisotopic (exact) mass is 319 g/mol. The maximum atomic E-state index is 14.1. The Morgan fingerprint density at radius 3 is 2.91 bits per heavy atom. The summed E-state index contributed by atoms with van der Waals surface area (Å²) in [5, 5.41) is 9.30. The van der Waals surface area contributed by atoms with Crippen LogP contribution in [0.15, 0.2) is 30.5 Å². The van der Waals surface area contributed by atoms with Crippen molar-refractivity contribution in [3.63, 3.8) is 0 Å². The van der Waals surface area contributed by atoms with Gasteiger partial charge in [0.15, 0.2) is 0 Å². The molecule has 1 aliphatic rings. The van der Waals surface area contributed by atoms with Gasteiger partial charge < -0.3 is 4.90 Å². The predicted octanol–water partition coefficient (Wildman–Crippen LogP) is 4.23. The number of rotatable bonds is 2. The van der Waals surface area contributed by atoms with Crippen molar-refractivity contribution in [2.75, 3.05) is 11.4 Å². The quantitative estimate of drug-likeness (QED) is 0.831. The molecule has 1 aromatic heterocycles. The van der Waals surface area contributed by atoms with Gasteiger partial charge in [0.25, 0.3) is 0 Å². The van der Waals surface area contributed by atoms with Crippen LogP contribution < -0.4 is 4.90 Å². The number of nitriles is 1. The Balaban J connectivity index is 2.04. The van der Waals surface area contributed by atoms with Crippen molar-refractivity contribution >= 4 is 17.4 Å². The minimum atomic E-state index is -0.479. The van der Waals surface area contributed by atoms with Crippen LogP contribution in [-0.2, 0) is 0 Å². The van der Waals surface area contributed by atoms with Gasteiger partial charge in [0.2, 0.25) is 0 Å². The summed E-state index contributed by atoms with van der Waals surface area (Å²) >= 11 is 6.22. The van der Waals surface area contributed by atoms with Gasteiger partial charge in [-0.25, -0.2) is 13.8 Å². The molecule has 6 heteroatoms. The van der Waals surface area contributed by atoms with Crippen molar-refractivity contribution < 1.29 is 8.78 Å². The standard InChI is InChI=1S/C16H12ClF2N3/c17-15-10(9-20)5-6-21-16(15)22-7-1-2-14(22)12-8-11(18)3-4-13(12)19/h3-6,8,14H,1-2,7H2. The van der Waals surface area contributed by atoms with Crippen molar-refractivity contribution in [2.24, 2.45) is 0 Å². The van der Waals surface area contributed by atoms with E-state index in [1.54, 1.807) is 0 Å². The fraction of sp³-hybridized carbons (Fsp3) is 0.250. The van der Waals surface area contributed by atoms with E-state index in [0.29, 0.717) is 24.3 Å². The van der Waals surface area contributed by atoms with Crippen LogP contribution in [0.3, 0.4) is 0 Å². The van der Waals surface area contributed by atoms with Gasteiger partial charge in [-0.05, 0) is 37.1 Å². The molecule has 0 amide bonds. The van der Waals surface area contributed by atoms with Gasteiger partial charge in [0.05, 0.1) is 11.6 Å². The number of halogens is 3. The smallest absolute Gasteiger partial charge is 0.149 e. The van der Waals surface area contributed by atoms with Gasteiger partial charge in [0.1, 0.15) is 28.5 Å². The molecule has 112 valence electrons. The summed E-state index contributed by atoms with van der Waals surface area (Å²) in [5.41, 5.74) is 0.606. The fourth-order valence-corrected chi connectivity index (χ4v) is 3.10. The molecule has 1 unspecified atom stereocenters. The van der Waals surface area contributed by atoms with E-state index in [2.05, 4.69) is 4.98 Å². The predicted molar refractivity (Wildman–Crippen MR) is 79.6 cm³/mol. The highest BCUT2D eigenvalue weighted by atomic mass is 35.5. The number of aromatic nitrogens is 1. The third-order valence-electron chi connectivity index (χ3n) is 3.83. The summed E-state index contributed by atoms with van der Waals surface area (Å²) in [4.78, 5) is 6.06. The Labute approximate surface area is 131 Å². The molecule has 0 bridgehead atoms. The summed E-state index contributed by atoms with van der Waals surface area (Å²) in [6.45, 7) is 0.627. The van der Waals surface area contributed by atoms with Crippen LogP contribution in [0.4, 0.5) is 14.6 Å². The molecule has 0 aliphatic carbocycles. The van der Waals surface area contributed by atoms with E-state index >= 15 is 0 Å². The molecule has 22 heavy (non-hydrogen) atoms. The molecule has 1 fully saturated rings. The molecular weight excluding hydrogens is 308 g/mol. The highest BCUT2D eigenvalue weighted by Gasteiger charge is 2.31. The van der Waals surface area contributed by atoms with Crippen molar-refractivity contribution in [2.45, 2.75) is 18.9 Å². The summed E-state index contributed by atoms with van der Waals surface area (Å²) in [5.74, 6) is -0.495. The first kappa shape index (κ1) is 14.7. The van der Waals surface area contributed by atoms with Gasteiger partial charge in [-0.2, -0.15) is 5.26 Å². The SMILES string of the molecule is N#Cc1ccnc(N2CCCC2c2cc(F)ccc2F)c1Cl. The number of hydrogen-bond acceptors (Lipinski definition) is 3. The molecular formula is C16H12ClF2N3. The third kappa shape index (κ3) is 2.51. The third-order valence-corrected chi connectivity index (χ3v) is 4.21. The molecule has 3 nitrogen and oxygen atoms in total. The zero-order valence-corrected chi connectivity index (χ0v) is 12.3. The first-order valence-corrected chi connectivity index (χ1v) is 7.26. The maximum absolute atomic E-state index is 14.1. The molecule has 0 N–H and O–H groups in total. The lowest BCUT2D eigenvalue weighted by molar-refractivity contribution is 0.560. The minimum Gasteiger partial charge on any atom is -0.348 e. The minimum absolute atomic E-state index is 0.244. The molecule has 1 aromatic carbocycles. The van der Waals surface area contributed by atoms with Crippen LogP contribution in [0.25, 0.3) is 0 Å². The molecule has 0 radical (unpaired) electrons. The molecule has 0 saturated carbocycles. The number of pyridine rings is 1. The molecule has 3 rings (SSSR count). The van der Waals surface area contributed by atoms with Crippen LogP contribution in [-0.4, -0.2) is 11.5 Å². The summed E-state index contributed by atoms with van der Waals surface area (Å²) in [6, 6.07) is 6.62. The topological polar surface area (TPSA) is 39.9 Å². The molecule has 1 saturated heterocycles. The summed E-state index contributed by atoms with van der Waals surface area (Å²) in [7, 11) is 0. The highest BCUT2D eigenvalue weighted by molar-refractivity contribution is 6.34. The lowest BCUT2D eigenvalue weighted by Crippen LogP contribution is -2.25. The first-order chi connectivity index (χ1) is 10.6. The Bertz CT molecular complexity index is 758. The van der Waals surface area contributed by atoms with E-state index in [9.17, 15) is 8.78 Å².